The van der Waals surface area contributed by atoms with E-state index in [1.54, 1.807) is 16.7 Å². The van der Waals surface area contributed by atoms with Crippen LogP contribution in [-0.2, 0) is 22.7 Å². The summed E-state index contributed by atoms with van der Waals surface area (Å²) in [6.07, 6.45) is 4.38. The molecule has 0 spiro atoms. The van der Waals surface area contributed by atoms with Crippen LogP contribution in [0.2, 0.25) is 0 Å². The predicted molar refractivity (Wildman–Crippen MR) is 128 cm³/mol. The van der Waals surface area contributed by atoms with Crippen LogP contribution in [0, 0.1) is 5.92 Å². The van der Waals surface area contributed by atoms with E-state index in [0.717, 1.165) is 30.4 Å². The van der Waals surface area contributed by atoms with Gasteiger partial charge >= 0.3 is 6.03 Å². The van der Waals surface area contributed by atoms with Crippen LogP contribution in [0.3, 0.4) is 0 Å². The fraction of sp³-hybridized carbons (Fsp3) is 0.423. The highest BCUT2D eigenvalue weighted by Crippen LogP contribution is 2.50. The van der Waals surface area contributed by atoms with Gasteiger partial charge in [0.15, 0.2) is 0 Å². The summed E-state index contributed by atoms with van der Waals surface area (Å²) in [5, 5.41) is 3.05. The Bertz CT molecular complexity index is 1020. The number of benzene rings is 2. The van der Waals surface area contributed by atoms with Crippen molar-refractivity contribution in [2.45, 2.75) is 55.3 Å². The van der Waals surface area contributed by atoms with Crippen LogP contribution in [0.1, 0.15) is 36.8 Å². The third-order valence-corrected chi connectivity index (χ3v) is 8.71. The Hall–Kier alpha value is -2.80. The van der Waals surface area contributed by atoms with Gasteiger partial charge in [-0.05, 0) is 29.9 Å². The molecule has 1 saturated carbocycles. The summed E-state index contributed by atoms with van der Waals surface area (Å²) in [5.74, 6) is -0.0131. The van der Waals surface area contributed by atoms with Gasteiger partial charge < -0.3 is 10.2 Å². The van der Waals surface area contributed by atoms with Gasteiger partial charge in [-0.15, -0.1) is 11.8 Å². The monoisotopic (exact) mass is 463 g/mol. The molecule has 4 atom stereocenters. The normalized spacial score (nSPS) is 26.7. The third-order valence-electron chi connectivity index (χ3n) is 7.00. The average Bonchev–Trinajstić information content (AvgIpc) is 3.24. The Morgan fingerprint density at radius 1 is 0.939 bits per heavy atom. The Kier molecular flexibility index (Phi) is 6.40. The summed E-state index contributed by atoms with van der Waals surface area (Å²) in [7, 11) is 0. The molecule has 1 N–H and O–H groups in total. The van der Waals surface area contributed by atoms with E-state index in [2.05, 4.69) is 5.32 Å². The first-order chi connectivity index (χ1) is 16.1. The van der Waals surface area contributed by atoms with Gasteiger partial charge in [-0.3, -0.25) is 14.5 Å². The zero-order chi connectivity index (χ0) is 22.8. The lowest BCUT2D eigenvalue weighted by atomic mass is 9.81. The van der Waals surface area contributed by atoms with Gasteiger partial charge in [-0.1, -0.05) is 73.5 Å². The number of nitrogens with zero attached hydrogens (tertiary/aromatic N) is 2. The van der Waals surface area contributed by atoms with E-state index < -0.39 is 0 Å². The molecule has 4 unspecified atom stereocenters. The fourth-order valence-electron chi connectivity index (χ4n) is 5.40. The van der Waals surface area contributed by atoms with Crippen molar-refractivity contribution < 1.29 is 14.4 Å². The van der Waals surface area contributed by atoms with Crippen LogP contribution in [0.25, 0.3) is 0 Å². The highest BCUT2D eigenvalue weighted by molar-refractivity contribution is 8.01. The van der Waals surface area contributed by atoms with Crippen molar-refractivity contribution in [2.24, 2.45) is 5.92 Å². The van der Waals surface area contributed by atoms with E-state index in [0.29, 0.717) is 11.8 Å². The van der Waals surface area contributed by atoms with Gasteiger partial charge in [0.25, 0.3) is 0 Å². The summed E-state index contributed by atoms with van der Waals surface area (Å²) in [4.78, 5) is 43.0. The second-order valence-corrected chi connectivity index (χ2v) is 10.5. The molecular weight excluding hydrogens is 434 g/mol. The molecule has 7 heteroatoms. The molecule has 6 nitrogen and oxygen atoms in total. The zero-order valence-electron chi connectivity index (χ0n) is 18.6. The molecule has 2 heterocycles. The molecule has 0 bridgehead atoms. The number of carbonyl (C=O) groups excluding carboxylic acids is 3. The van der Waals surface area contributed by atoms with Gasteiger partial charge in [0.1, 0.15) is 11.8 Å². The highest BCUT2D eigenvalue weighted by atomic mass is 32.2. The second kappa shape index (κ2) is 9.59. The lowest BCUT2D eigenvalue weighted by molar-refractivity contribution is -0.135. The lowest BCUT2D eigenvalue weighted by Gasteiger charge is -2.43. The van der Waals surface area contributed by atoms with Crippen molar-refractivity contribution >= 4 is 29.6 Å². The Morgan fingerprint density at radius 3 is 2.33 bits per heavy atom. The molecule has 33 heavy (non-hydrogen) atoms. The standard InChI is InChI=1S/C26H29N3O3S/c30-22(27-15-18-9-3-1-4-10-18)17-28-23-20-13-7-8-14-21(20)33-24(23)25(31)29(26(28)32)16-19-11-5-2-6-12-19/h1-6,9-12,20-21,23-24H,7-8,13-17H2,(H,27,30). The Morgan fingerprint density at radius 2 is 1.61 bits per heavy atom. The first kappa shape index (κ1) is 22.0. The molecule has 1 aliphatic carbocycles. The summed E-state index contributed by atoms with van der Waals surface area (Å²) < 4.78 is 0. The molecule has 0 aromatic heterocycles. The number of urea groups is 1. The minimum absolute atomic E-state index is 0.0187. The minimum atomic E-state index is -0.341. The van der Waals surface area contributed by atoms with Gasteiger partial charge in [0.2, 0.25) is 11.8 Å². The number of hydrogen-bond acceptors (Lipinski definition) is 4. The van der Waals surface area contributed by atoms with Crippen molar-refractivity contribution in [1.29, 1.82) is 0 Å². The maximum atomic E-state index is 13.6. The third kappa shape index (κ3) is 4.51. The molecule has 5 rings (SSSR count). The van der Waals surface area contributed by atoms with Crippen LogP contribution in [0.4, 0.5) is 4.79 Å². The molecular formula is C26H29N3O3S. The van der Waals surface area contributed by atoms with Crippen molar-refractivity contribution in [3.63, 3.8) is 0 Å². The summed E-state index contributed by atoms with van der Waals surface area (Å²) >= 11 is 1.73. The molecule has 2 aromatic rings. The van der Waals surface area contributed by atoms with E-state index in [9.17, 15) is 14.4 Å². The number of thioether (sulfide) groups is 1. The molecule has 4 amide bonds. The zero-order valence-corrected chi connectivity index (χ0v) is 19.4. The maximum absolute atomic E-state index is 13.6. The number of hydrogen-bond donors (Lipinski definition) is 1. The number of imide groups is 1. The molecule has 3 fully saturated rings. The van der Waals surface area contributed by atoms with Gasteiger partial charge in [-0.25, -0.2) is 4.79 Å². The second-order valence-electron chi connectivity index (χ2n) is 9.12. The highest BCUT2D eigenvalue weighted by Gasteiger charge is 2.57. The maximum Gasteiger partial charge on any atom is 0.327 e. The van der Waals surface area contributed by atoms with E-state index >= 15 is 0 Å². The Labute approximate surface area is 198 Å². The quantitative estimate of drug-likeness (QED) is 0.707. The van der Waals surface area contributed by atoms with E-state index in [1.165, 1.54) is 11.3 Å². The summed E-state index contributed by atoms with van der Waals surface area (Å²) in [5.41, 5.74) is 1.92. The van der Waals surface area contributed by atoms with Crippen molar-refractivity contribution in [3.05, 3.63) is 71.8 Å². The van der Waals surface area contributed by atoms with Gasteiger partial charge in [0, 0.05) is 11.8 Å². The van der Waals surface area contributed by atoms with Gasteiger partial charge in [-0.2, -0.15) is 0 Å². The predicted octanol–water partition coefficient (Wildman–Crippen LogP) is 3.81. The number of fused-ring (bicyclic) bond motifs is 3. The Balaban J connectivity index is 1.37. The fourth-order valence-corrected chi connectivity index (χ4v) is 7.33. The SMILES string of the molecule is O=C(CN1C(=O)N(Cc2ccccc2)C(=O)C2SC3CCCCC3C21)NCc1ccccc1. The van der Waals surface area contributed by atoms with E-state index in [4.69, 9.17) is 0 Å². The van der Waals surface area contributed by atoms with Crippen LogP contribution in [0.5, 0.6) is 0 Å². The molecule has 2 aliphatic heterocycles. The van der Waals surface area contributed by atoms with Crippen LogP contribution in [-0.4, -0.2) is 50.7 Å². The number of nitrogens with one attached hydrogen (secondary N) is 1. The van der Waals surface area contributed by atoms with E-state index in [1.807, 2.05) is 60.7 Å². The first-order valence-electron chi connectivity index (χ1n) is 11.7. The lowest BCUT2D eigenvalue weighted by Crippen LogP contribution is -2.64. The first-order valence-corrected chi connectivity index (χ1v) is 12.7. The van der Waals surface area contributed by atoms with Crippen molar-refractivity contribution in [2.75, 3.05) is 6.54 Å². The van der Waals surface area contributed by atoms with Crippen LogP contribution >= 0.6 is 11.8 Å². The largest absolute Gasteiger partial charge is 0.350 e. The smallest absolute Gasteiger partial charge is 0.327 e. The molecule has 3 aliphatic rings. The number of carbonyl (C=O) groups is 3. The van der Waals surface area contributed by atoms with Crippen LogP contribution < -0.4 is 5.32 Å². The topological polar surface area (TPSA) is 69.7 Å². The number of amides is 4. The van der Waals surface area contributed by atoms with Crippen molar-refractivity contribution in [1.82, 2.24) is 15.1 Å². The van der Waals surface area contributed by atoms with Gasteiger partial charge in [0.05, 0.1) is 12.6 Å². The minimum Gasteiger partial charge on any atom is -0.350 e. The molecule has 172 valence electrons. The summed E-state index contributed by atoms with van der Waals surface area (Å²) in [6, 6.07) is 18.8. The average molecular weight is 464 g/mol. The van der Waals surface area contributed by atoms with Crippen LogP contribution in [0.15, 0.2) is 60.7 Å². The molecule has 2 aromatic carbocycles. The number of rotatable bonds is 6. The summed E-state index contributed by atoms with van der Waals surface area (Å²) in [6.45, 7) is 0.637. The molecule has 0 radical (unpaired) electrons. The van der Waals surface area contributed by atoms with Crippen molar-refractivity contribution in [3.8, 4) is 0 Å². The molecule has 2 saturated heterocycles. The van der Waals surface area contributed by atoms with E-state index in [-0.39, 0.29) is 48.1 Å².